The van der Waals surface area contributed by atoms with Crippen molar-refractivity contribution in [3.63, 3.8) is 0 Å². The van der Waals surface area contributed by atoms with Crippen molar-refractivity contribution in [2.75, 3.05) is 36.8 Å². The van der Waals surface area contributed by atoms with Crippen molar-refractivity contribution in [1.29, 1.82) is 0 Å². The van der Waals surface area contributed by atoms with Crippen LogP contribution in [0.3, 0.4) is 0 Å². The van der Waals surface area contributed by atoms with E-state index in [0.717, 1.165) is 36.8 Å². The number of anilines is 2. The maximum absolute atomic E-state index is 12.1. The van der Waals surface area contributed by atoms with Crippen LogP contribution in [-0.4, -0.2) is 52.6 Å². The summed E-state index contributed by atoms with van der Waals surface area (Å²) in [5.41, 5.74) is 7.28. The predicted molar refractivity (Wildman–Crippen MR) is 87.1 cm³/mol. The van der Waals surface area contributed by atoms with E-state index in [0.29, 0.717) is 13.1 Å². The molecule has 1 aliphatic rings. The van der Waals surface area contributed by atoms with Crippen LogP contribution >= 0.6 is 0 Å². The highest BCUT2D eigenvalue weighted by Crippen LogP contribution is 2.27. The number of amides is 1. The van der Waals surface area contributed by atoms with Gasteiger partial charge in [0.05, 0.1) is 11.4 Å². The molecule has 0 radical (unpaired) electrons. The smallest absolute Gasteiger partial charge is 0.410 e. The molecule has 7 heteroatoms. The lowest BCUT2D eigenvalue weighted by Crippen LogP contribution is -2.50. The molecule has 1 aromatic rings. The van der Waals surface area contributed by atoms with Gasteiger partial charge in [-0.25, -0.2) is 9.48 Å². The number of rotatable bonds is 2. The summed E-state index contributed by atoms with van der Waals surface area (Å²) in [5.74, 6) is 0.962. The number of hydrogen-bond donors (Lipinski definition) is 1. The highest BCUT2D eigenvalue weighted by Gasteiger charge is 2.28. The minimum absolute atomic E-state index is 0.250. The van der Waals surface area contributed by atoms with E-state index in [9.17, 15) is 4.79 Å². The maximum Gasteiger partial charge on any atom is 0.410 e. The molecule has 2 rings (SSSR count). The van der Waals surface area contributed by atoms with Crippen molar-refractivity contribution in [2.24, 2.45) is 0 Å². The molecule has 0 bridgehead atoms. The molecule has 2 heterocycles. The number of nitrogens with two attached hydrogens (primary N) is 1. The second-order valence-corrected chi connectivity index (χ2v) is 6.59. The average molecular weight is 309 g/mol. The molecule has 1 aromatic heterocycles. The van der Waals surface area contributed by atoms with E-state index in [1.54, 1.807) is 4.90 Å². The zero-order valence-electron chi connectivity index (χ0n) is 14.2. The van der Waals surface area contributed by atoms with E-state index in [1.807, 2.05) is 39.3 Å². The Bertz CT molecular complexity index is 539. The van der Waals surface area contributed by atoms with Gasteiger partial charge in [0.2, 0.25) is 0 Å². The molecule has 1 fully saturated rings. The Morgan fingerprint density at radius 3 is 2.36 bits per heavy atom. The van der Waals surface area contributed by atoms with Crippen molar-refractivity contribution in [1.82, 2.24) is 14.7 Å². The van der Waals surface area contributed by atoms with Crippen LogP contribution in [0.2, 0.25) is 0 Å². The van der Waals surface area contributed by atoms with E-state index < -0.39 is 5.60 Å². The molecule has 0 unspecified atom stereocenters. The fourth-order valence-corrected chi connectivity index (χ4v) is 2.56. The van der Waals surface area contributed by atoms with Gasteiger partial charge in [0.15, 0.2) is 5.82 Å². The van der Waals surface area contributed by atoms with Gasteiger partial charge in [-0.15, -0.1) is 0 Å². The number of nitrogens with zero attached hydrogens (tertiary/aromatic N) is 4. The van der Waals surface area contributed by atoms with Crippen LogP contribution in [0.15, 0.2) is 0 Å². The highest BCUT2D eigenvalue weighted by atomic mass is 16.6. The van der Waals surface area contributed by atoms with E-state index in [-0.39, 0.29) is 6.09 Å². The number of ether oxygens (including phenoxy) is 1. The number of hydrogen-bond acceptors (Lipinski definition) is 5. The van der Waals surface area contributed by atoms with Gasteiger partial charge in [-0.2, -0.15) is 5.10 Å². The first-order chi connectivity index (χ1) is 10.2. The Morgan fingerprint density at radius 1 is 1.27 bits per heavy atom. The van der Waals surface area contributed by atoms with E-state index in [1.165, 1.54) is 0 Å². The Balaban J connectivity index is 2.02. The first kappa shape index (κ1) is 16.5. The summed E-state index contributed by atoms with van der Waals surface area (Å²) >= 11 is 0. The second-order valence-electron chi connectivity index (χ2n) is 6.59. The number of nitrogen functional groups attached to an aromatic ring is 1. The van der Waals surface area contributed by atoms with Crippen molar-refractivity contribution < 1.29 is 9.53 Å². The Hall–Kier alpha value is -1.92. The van der Waals surface area contributed by atoms with Crippen LogP contribution in [0.4, 0.5) is 16.3 Å². The molecule has 1 saturated heterocycles. The molecule has 22 heavy (non-hydrogen) atoms. The van der Waals surface area contributed by atoms with E-state index >= 15 is 0 Å². The van der Waals surface area contributed by atoms with E-state index in [4.69, 9.17) is 10.5 Å². The molecule has 1 amide bonds. The summed E-state index contributed by atoms with van der Waals surface area (Å²) in [6.07, 6.45) is -0.250. The van der Waals surface area contributed by atoms with Crippen LogP contribution < -0.4 is 10.6 Å². The highest BCUT2D eigenvalue weighted by molar-refractivity contribution is 5.70. The SMILES string of the molecule is CCn1nc(C)c(N)c1N1CCN(C(=O)OC(C)(C)C)CC1. The van der Waals surface area contributed by atoms with Crippen LogP contribution in [0.5, 0.6) is 0 Å². The number of aromatic nitrogens is 2. The third kappa shape index (κ3) is 3.45. The molecule has 0 aliphatic carbocycles. The van der Waals surface area contributed by atoms with Crippen molar-refractivity contribution >= 4 is 17.6 Å². The molecular weight excluding hydrogens is 282 g/mol. The topological polar surface area (TPSA) is 76.6 Å². The lowest BCUT2D eigenvalue weighted by Gasteiger charge is -2.36. The predicted octanol–water partition coefficient (Wildman–Crippen LogP) is 1.85. The summed E-state index contributed by atoms with van der Waals surface area (Å²) in [4.78, 5) is 16.0. The van der Waals surface area contributed by atoms with Crippen molar-refractivity contribution in [3.8, 4) is 0 Å². The molecule has 2 N–H and O–H groups in total. The Kier molecular flexibility index (Phi) is 4.53. The van der Waals surface area contributed by atoms with Gasteiger partial charge in [-0.05, 0) is 34.6 Å². The van der Waals surface area contributed by atoms with Gasteiger partial charge >= 0.3 is 6.09 Å². The zero-order chi connectivity index (χ0) is 16.5. The lowest BCUT2D eigenvalue weighted by molar-refractivity contribution is 0.0240. The molecule has 0 saturated carbocycles. The maximum atomic E-state index is 12.1. The van der Waals surface area contributed by atoms with Crippen LogP contribution in [0.1, 0.15) is 33.4 Å². The van der Waals surface area contributed by atoms with Gasteiger partial charge in [0.25, 0.3) is 0 Å². The van der Waals surface area contributed by atoms with Gasteiger partial charge < -0.3 is 20.3 Å². The van der Waals surface area contributed by atoms with Crippen LogP contribution in [-0.2, 0) is 11.3 Å². The first-order valence-corrected chi connectivity index (χ1v) is 7.78. The fraction of sp³-hybridized carbons (Fsp3) is 0.733. The van der Waals surface area contributed by atoms with Crippen LogP contribution in [0, 0.1) is 6.92 Å². The van der Waals surface area contributed by atoms with E-state index in [2.05, 4.69) is 10.00 Å². The summed E-state index contributed by atoms with van der Waals surface area (Å²) in [6.45, 7) is 13.1. The minimum atomic E-state index is -0.462. The number of piperazine rings is 1. The zero-order valence-corrected chi connectivity index (χ0v) is 14.2. The summed E-state index contributed by atoms with van der Waals surface area (Å²) < 4.78 is 7.34. The monoisotopic (exact) mass is 309 g/mol. The molecule has 124 valence electrons. The molecular formula is C15H27N5O2. The second kappa shape index (κ2) is 6.06. The molecule has 7 nitrogen and oxygen atoms in total. The fourth-order valence-electron chi connectivity index (χ4n) is 2.56. The normalized spacial score (nSPS) is 16.0. The number of carbonyl (C=O) groups is 1. The van der Waals surface area contributed by atoms with Crippen molar-refractivity contribution in [2.45, 2.75) is 46.8 Å². The average Bonchev–Trinajstić information content (AvgIpc) is 2.72. The Labute approximate surface area is 132 Å². The third-order valence-corrected chi connectivity index (χ3v) is 3.68. The summed E-state index contributed by atoms with van der Waals surface area (Å²) in [6, 6.07) is 0. The molecule has 1 aliphatic heterocycles. The number of carbonyl (C=O) groups excluding carboxylic acids is 1. The third-order valence-electron chi connectivity index (χ3n) is 3.68. The minimum Gasteiger partial charge on any atom is -0.444 e. The van der Waals surface area contributed by atoms with Gasteiger partial charge in [-0.3, -0.25) is 0 Å². The summed E-state index contributed by atoms with van der Waals surface area (Å²) in [5, 5.41) is 4.45. The van der Waals surface area contributed by atoms with Crippen molar-refractivity contribution in [3.05, 3.63) is 5.69 Å². The molecule has 0 aromatic carbocycles. The molecule has 0 atom stereocenters. The largest absolute Gasteiger partial charge is 0.444 e. The standard InChI is InChI=1S/C15H27N5O2/c1-6-20-13(12(16)11(2)17-20)18-7-9-19(10-8-18)14(21)22-15(3,4)5/h6-10,16H2,1-5H3. The Morgan fingerprint density at radius 2 is 1.86 bits per heavy atom. The number of aryl methyl sites for hydroxylation is 2. The van der Waals surface area contributed by atoms with Crippen LogP contribution in [0.25, 0.3) is 0 Å². The first-order valence-electron chi connectivity index (χ1n) is 7.78. The lowest BCUT2D eigenvalue weighted by atomic mass is 10.2. The summed E-state index contributed by atoms with van der Waals surface area (Å²) in [7, 11) is 0. The van der Waals surface area contributed by atoms with Gasteiger partial charge in [-0.1, -0.05) is 0 Å². The van der Waals surface area contributed by atoms with Gasteiger partial charge in [0, 0.05) is 32.7 Å². The molecule has 0 spiro atoms. The van der Waals surface area contributed by atoms with Gasteiger partial charge in [0.1, 0.15) is 5.60 Å². The quantitative estimate of drug-likeness (QED) is 0.902.